The molecule has 0 bridgehead atoms. The number of hydrogen-bond acceptors (Lipinski definition) is 5. The summed E-state index contributed by atoms with van der Waals surface area (Å²) in [5.74, 6) is -1.29. The van der Waals surface area contributed by atoms with Crippen molar-refractivity contribution < 1.29 is 19.1 Å². The van der Waals surface area contributed by atoms with Crippen molar-refractivity contribution in [1.82, 2.24) is 10.4 Å². The van der Waals surface area contributed by atoms with Crippen molar-refractivity contribution in [2.75, 3.05) is 5.01 Å². The fourth-order valence-electron chi connectivity index (χ4n) is 2.69. The van der Waals surface area contributed by atoms with Gasteiger partial charge >= 0.3 is 11.8 Å². The minimum absolute atomic E-state index is 0.150. The van der Waals surface area contributed by atoms with Gasteiger partial charge in [0.2, 0.25) is 0 Å². The molecule has 0 aliphatic rings. The van der Waals surface area contributed by atoms with Gasteiger partial charge in [-0.25, -0.2) is 9.59 Å². The average molecular weight is 395 g/mol. The number of nitrogens with one attached hydrogen (secondary N) is 2. The molecule has 2 aromatic heterocycles. The highest BCUT2D eigenvalue weighted by Crippen LogP contribution is 2.26. The number of aromatic nitrogens is 1. The van der Waals surface area contributed by atoms with E-state index in [0.717, 1.165) is 15.4 Å². The molecule has 4 rings (SSSR count). The quantitative estimate of drug-likeness (QED) is 0.458. The van der Waals surface area contributed by atoms with Gasteiger partial charge in [0, 0.05) is 10.4 Å². The van der Waals surface area contributed by atoms with E-state index in [0.29, 0.717) is 5.52 Å². The topological polar surface area (TPSA) is 116 Å². The Kier molecular flexibility index (Phi) is 4.42. The first-order valence-corrected chi connectivity index (χ1v) is 9.00. The van der Waals surface area contributed by atoms with Crippen molar-refractivity contribution in [2.24, 2.45) is 0 Å². The maximum Gasteiger partial charge on any atom is 0.431 e. The summed E-state index contributed by atoms with van der Waals surface area (Å²) >= 11 is 1.57. The zero-order valence-electron chi connectivity index (χ0n) is 14.2. The van der Waals surface area contributed by atoms with Gasteiger partial charge in [-0.05, 0) is 47.3 Å². The number of carboxylic acid groups (broad SMARTS) is 1. The van der Waals surface area contributed by atoms with Gasteiger partial charge < -0.3 is 9.52 Å². The van der Waals surface area contributed by atoms with Crippen molar-refractivity contribution in [2.45, 2.75) is 0 Å². The van der Waals surface area contributed by atoms with Crippen molar-refractivity contribution in [3.8, 4) is 10.4 Å². The lowest BCUT2D eigenvalue weighted by Gasteiger charge is -2.20. The van der Waals surface area contributed by atoms with Crippen molar-refractivity contribution in [3.63, 3.8) is 0 Å². The monoisotopic (exact) mass is 395 g/mol. The number of benzene rings is 2. The van der Waals surface area contributed by atoms with Gasteiger partial charge in [-0.1, -0.05) is 18.2 Å². The van der Waals surface area contributed by atoms with E-state index in [1.54, 1.807) is 35.6 Å². The lowest BCUT2D eigenvalue weighted by atomic mass is 10.1. The van der Waals surface area contributed by atoms with Crippen LogP contribution in [0.15, 0.2) is 69.2 Å². The van der Waals surface area contributed by atoms with Crippen LogP contribution in [0.2, 0.25) is 0 Å². The highest BCUT2D eigenvalue weighted by atomic mass is 32.1. The Hall–Kier alpha value is -3.85. The predicted octanol–water partition coefficient (Wildman–Crippen LogP) is 3.68. The molecular formula is C19H13N3O5S. The third-order valence-corrected chi connectivity index (χ3v) is 4.94. The second-order valence-electron chi connectivity index (χ2n) is 5.81. The van der Waals surface area contributed by atoms with Crippen molar-refractivity contribution in [1.29, 1.82) is 0 Å². The number of H-pyrrole nitrogens is 1. The van der Waals surface area contributed by atoms with Crippen LogP contribution in [0.4, 0.5) is 10.5 Å². The molecular weight excluding hydrogens is 382 g/mol. The van der Waals surface area contributed by atoms with E-state index < -0.39 is 17.8 Å². The molecule has 3 N–H and O–H groups in total. The van der Waals surface area contributed by atoms with E-state index in [-0.39, 0.29) is 16.8 Å². The summed E-state index contributed by atoms with van der Waals surface area (Å²) in [6.45, 7) is 0. The summed E-state index contributed by atoms with van der Waals surface area (Å²) in [7, 11) is 0. The Morgan fingerprint density at radius 1 is 1.11 bits per heavy atom. The molecule has 2 aromatic carbocycles. The second kappa shape index (κ2) is 7.05. The number of hydrogen-bond donors (Lipinski definition) is 3. The molecule has 0 fully saturated rings. The summed E-state index contributed by atoms with van der Waals surface area (Å²) < 4.78 is 4.92. The molecule has 0 spiro atoms. The molecule has 2 heterocycles. The molecule has 0 aliphatic heterocycles. The van der Waals surface area contributed by atoms with Gasteiger partial charge in [-0.15, -0.1) is 11.3 Å². The number of anilines is 1. The smallest absolute Gasteiger partial charge is 0.431 e. The van der Waals surface area contributed by atoms with E-state index >= 15 is 0 Å². The normalized spacial score (nSPS) is 10.7. The molecule has 8 nitrogen and oxygen atoms in total. The van der Waals surface area contributed by atoms with Crippen LogP contribution in [0.1, 0.15) is 10.4 Å². The van der Waals surface area contributed by atoms with Crippen LogP contribution >= 0.6 is 11.3 Å². The summed E-state index contributed by atoms with van der Waals surface area (Å²) in [4.78, 5) is 38.9. The number of amides is 2. The van der Waals surface area contributed by atoms with E-state index in [2.05, 4.69) is 10.4 Å². The molecule has 4 aromatic rings. The molecule has 0 saturated heterocycles. The van der Waals surface area contributed by atoms with Crippen LogP contribution in [0, 0.1) is 0 Å². The lowest BCUT2D eigenvalue weighted by molar-refractivity contribution is 0.0944. The van der Waals surface area contributed by atoms with Crippen LogP contribution in [0.3, 0.4) is 0 Å². The molecule has 9 heteroatoms. The summed E-state index contributed by atoms with van der Waals surface area (Å²) in [6, 6.07) is 15.0. The maximum atomic E-state index is 12.5. The Labute approximate surface area is 161 Å². The predicted molar refractivity (Wildman–Crippen MR) is 105 cm³/mol. The third-order valence-electron chi connectivity index (χ3n) is 4.02. The maximum absolute atomic E-state index is 12.5. The Balaban J connectivity index is 1.58. The number of nitrogens with zero attached hydrogens (tertiary/aromatic N) is 1. The van der Waals surface area contributed by atoms with Gasteiger partial charge in [0.1, 0.15) is 0 Å². The van der Waals surface area contributed by atoms with Crippen LogP contribution in [0.5, 0.6) is 0 Å². The third kappa shape index (κ3) is 3.38. The lowest BCUT2D eigenvalue weighted by Crippen LogP contribution is -2.45. The number of carbonyl (C=O) groups is 2. The zero-order valence-corrected chi connectivity index (χ0v) is 15.0. The minimum atomic E-state index is -1.34. The van der Waals surface area contributed by atoms with Gasteiger partial charge in [0.15, 0.2) is 5.58 Å². The highest BCUT2D eigenvalue weighted by Gasteiger charge is 2.19. The Morgan fingerprint density at radius 2 is 1.89 bits per heavy atom. The SMILES string of the molecule is O=C(NN(C(=O)O)c1ccc(-c2cccs2)cc1)c1ccc2[nH]c(=O)oc2c1. The molecule has 0 aliphatic carbocycles. The molecule has 28 heavy (non-hydrogen) atoms. The van der Waals surface area contributed by atoms with Gasteiger partial charge in [0.05, 0.1) is 11.2 Å². The number of rotatable bonds is 3. The summed E-state index contributed by atoms with van der Waals surface area (Å²) in [6.07, 6.45) is -1.34. The van der Waals surface area contributed by atoms with Gasteiger partial charge in [-0.3, -0.25) is 15.2 Å². The summed E-state index contributed by atoms with van der Waals surface area (Å²) in [5.41, 5.74) is 4.38. The molecule has 0 radical (unpaired) electrons. The standard InChI is InChI=1S/C19H13N3O5S/c23-17(12-5-8-14-15(10-12)27-18(24)20-14)21-22(19(25)26)13-6-3-11(4-7-13)16-2-1-9-28-16/h1-10H,(H,20,24)(H,21,23)(H,25,26). The first kappa shape index (κ1) is 17.6. The molecule has 0 saturated carbocycles. The number of fused-ring (bicyclic) bond motifs is 1. The zero-order chi connectivity index (χ0) is 19.7. The van der Waals surface area contributed by atoms with Crippen LogP contribution < -0.4 is 16.2 Å². The molecule has 140 valence electrons. The fraction of sp³-hybridized carbons (Fsp3) is 0. The molecule has 0 unspecified atom stereocenters. The fourth-order valence-corrected chi connectivity index (χ4v) is 3.43. The minimum Gasteiger partial charge on any atom is -0.463 e. The number of aromatic amines is 1. The van der Waals surface area contributed by atoms with Crippen molar-refractivity contribution >= 4 is 40.1 Å². The first-order valence-electron chi connectivity index (χ1n) is 8.12. The Morgan fingerprint density at radius 3 is 2.57 bits per heavy atom. The number of thiophene rings is 1. The number of carbonyl (C=O) groups excluding carboxylic acids is 1. The largest absolute Gasteiger partial charge is 0.463 e. The molecule has 0 atom stereocenters. The molecule has 2 amide bonds. The number of oxazole rings is 1. The highest BCUT2D eigenvalue weighted by molar-refractivity contribution is 7.13. The van der Waals surface area contributed by atoms with Gasteiger partial charge in [0.25, 0.3) is 5.91 Å². The number of hydrazine groups is 1. The van der Waals surface area contributed by atoms with Crippen LogP contribution in [-0.2, 0) is 0 Å². The first-order chi connectivity index (χ1) is 13.5. The summed E-state index contributed by atoms with van der Waals surface area (Å²) in [5, 5.41) is 12.2. The van der Waals surface area contributed by atoms with E-state index in [9.17, 15) is 19.5 Å². The van der Waals surface area contributed by atoms with Crippen LogP contribution in [-0.4, -0.2) is 22.1 Å². The van der Waals surface area contributed by atoms with Gasteiger partial charge in [-0.2, -0.15) is 5.01 Å². The van der Waals surface area contributed by atoms with E-state index in [1.807, 2.05) is 17.5 Å². The Bertz CT molecular complexity index is 1210. The van der Waals surface area contributed by atoms with Crippen molar-refractivity contribution in [3.05, 3.63) is 76.1 Å². The van der Waals surface area contributed by atoms with Crippen LogP contribution in [0.25, 0.3) is 21.5 Å². The van der Waals surface area contributed by atoms with E-state index in [4.69, 9.17) is 4.42 Å². The average Bonchev–Trinajstić information content (AvgIpc) is 3.34. The second-order valence-corrected chi connectivity index (χ2v) is 6.76. The van der Waals surface area contributed by atoms with E-state index in [1.165, 1.54) is 18.2 Å².